The Morgan fingerprint density at radius 1 is 1.11 bits per heavy atom. The number of benzene rings is 2. The number of hydrogen-bond acceptors (Lipinski definition) is 5. The van der Waals surface area contributed by atoms with Crippen LogP contribution in [0.15, 0.2) is 42.5 Å². The first-order valence-corrected chi connectivity index (χ1v) is 11.5. The van der Waals surface area contributed by atoms with E-state index in [1.165, 1.54) is 18.1 Å². The standard InChI is InChI=1S/C25H28F4N2O4/c1-34-21-6-7-22(26)23(12-21)30-9-8-16(13-30)15-35-20-4-2-18(3-5-20)31-14-17(25(27,28)29)10-19(31)11-24(32)33/h2-7,12,16-17,19H,8-11,13-15H2,1H3,(H,32,33)/t16-,17+,19+/m0/s1. The Morgan fingerprint density at radius 2 is 1.83 bits per heavy atom. The third-order valence-electron chi connectivity index (χ3n) is 6.72. The summed E-state index contributed by atoms with van der Waals surface area (Å²) in [6.45, 7) is 1.48. The van der Waals surface area contributed by atoms with Gasteiger partial charge in [0.25, 0.3) is 0 Å². The molecule has 2 aliphatic heterocycles. The van der Waals surface area contributed by atoms with Crippen molar-refractivity contribution in [2.24, 2.45) is 11.8 Å². The Kier molecular flexibility index (Phi) is 7.28. The number of alkyl halides is 3. The number of rotatable bonds is 8. The number of methoxy groups -OCH3 is 1. The van der Waals surface area contributed by atoms with E-state index in [4.69, 9.17) is 14.6 Å². The SMILES string of the molecule is COc1ccc(F)c(N2CC[C@H](COc3ccc(N4C[C@H](C(F)(F)F)C[C@@H]4CC(=O)O)cc3)C2)c1. The first kappa shape index (κ1) is 24.9. The Morgan fingerprint density at radius 3 is 2.49 bits per heavy atom. The molecule has 0 saturated carbocycles. The Labute approximate surface area is 201 Å². The van der Waals surface area contributed by atoms with Crippen molar-refractivity contribution in [2.45, 2.75) is 31.5 Å². The molecule has 2 saturated heterocycles. The zero-order chi connectivity index (χ0) is 25.2. The number of carbonyl (C=O) groups is 1. The summed E-state index contributed by atoms with van der Waals surface area (Å²) in [5.74, 6) is -1.64. The minimum Gasteiger partial charge on any atom is -0.497 e. The highest BCUT2D eigenvalue weighted by molar-refractivity contribution is 5.69. The first-order valence-electron chi connectivity index (χ1n) is 11.5. The Balaban J connectivity index is 1.34. The number of hydrogen-bond donors (Lipinski definition) is 1. The van der Waals surface area contributed by atoms with Crippen molar-refractivity contribution in [1.29, 1.82) is 0 Å². The van der Waals surface area contributed by atoms with Gasteiger partial charge in [-0.25, -0.2) is 4.39 Å². The van der Waals surface area contributed by atoms with Gasteiger partial charge < -0.3 is 24.4 Å². The predicted octanol–water partition coefficient (Wildman–Crippen LogP) is 4.97. The number of aliphatic carboxylic acids is 1. The van der Waals surface area contributed by atoms with E-state index in [1.807, 2.05) is 4.90 Å². The molecule has 2 fully saturated rings. The number of anilines is 2. The second-order valence-corrected chi connectivity index (χ2v) is 9.10. The molecule has 35 heavy (non-hydrogen) atoms. The van der Waals surface area contributed by atoms with Crippen LogP contribution in [0.5, 0.6) is 11.5 Å². The molecule has 2 aromatic carbocycles. The summed E-state index contributed by atoms with van der Waals surface area (Å²) in [4.78, 5) is 14.6. The average molecular weight is 497 g/mol. The summed E-state index contributed by atoms with van der Waals surface area (Å²) in [7, 11) is 1.54. The lowest BCUT2D eigenvalue weighted by Crippen LogP contribution is -2.32. The lowest BCUT2D eigenvalue weighted by molar-refractivity contribution is -0.169. The van der Waals surface area contributed by atoms with E-state index in [0.29, 0.717) is 42.6 Å². The quantitative estimate of drug-likeness (QED) is 0.521. The highest BCUT2D eigenvalue weighted by Gasteiger charge is 2.47. The average Bonchev–Trinajstić information content (AvgIpc) is 3.45. The molecule has 0 aliphatic carbocycles. The van der Waals surface area contributed by atoms with Crippen molar-refractivity contribution in [3.05, 3.63) is 48.3 Å². The molecule has 0 unspecified atom stereocenters. The fourth-order valence-corrected chi connectivity index (χ4v) is 4.86. The van der Waals surface area contributed by atoms with Gasteiger partial charge in [-0.05, 0) is 49.2 Å². The van der Waals surface area contributed by atoms with E-state index in [-0.39, 0.29) is 31.1 Å². The van der Waals surface area contributed by atoms with Crippen LogP contribution < -0.4 is 19.3 Å². The normalized spacial score (nSPS) is 22.5. The minimum absolute atomic E-state index is 0.186. The maximum absolute atomic E-state index is 14.3. The molecule has 3 atom stereocenters. The zero-order valence-electron chi connectivity index (χ0n) is 19.3. The van der Waals surface area contributed by atoms with Gasteiger partial charge >= 0.3 is 12.1 Å². The molecular formula is C25H28F4N2O4. The third kappa shape index (κ3) is 5.91. The maximum atomic E-state index is 14.3. The molecule has 0 bridgehead atoms. The van der Waals surface area contributed by atoms with E-state index in [2.05, 4.69) is 0 Å². The summed E-state index contributed by atoms with van der Waals surface area (Å²) in [5, 5.41) is 9.12. The first-order chi connectivity index (χ1) is 16.6. The van der Waals surface area contributed by atoms with Crippen molar-refractivity contribution in [3.8, 4) is 11.5 Å². The summed E-state index contributed by atoms with van der Waals surface area (Å²) < 4.78 is 65.1. The number of carboxylic acid groups (broad SMARTS) is 1. The van der Waals surface area contributed by atoms with Gasteiger partial charge in [-0.15, -0.1) is 0 Å². The molecule has 0 amide bonds. The largest absolute Gasteiger partial charge is 0.497 e. The second-order valence-electron chi connectivity index (χ2n) is 9.10. The van der Waals surface area contributed by atoms with Crippen LogP contribution in [-0.4, -0.2) is 56.6 Å². The Hall–Kier alpha value is -3.17. The maximum Gasteiger partial charge on any atom is 0.393 e. The summed E-state index contributed by atoms with van der Waals surface area (Å²) in [6.07, 6.45) is -4.12. The highest BCUT2D eigenvalue weighted by Crippen LogP contribution is 2.40. The van der Waals surface area contributed by atoms with Crippen molar-refractivity contribution >= 4 is 17.3 Å². The summed E-state index contributed by atoms with van der Waals surface area (Å²) >= 11 is 0. The molecule has 0 spiro atoms. The summed E-state index contributed by atoms with van der Waals surface area (Å²) in [5.41, 5.74) is 1.03. The predicted molar refractivity (Wildman–Crippen MR) is 123 cm³/mol. The van der Waals surface area contributed by atoms with Gasteiger partial charge in [0.1, 0.15) is 17.3 Å². The highest BCUT2D eigenvalue weighted by atomic mass is 19.4. The van der Waals surface area contributed by atoms with Gasteiger partial charge in [-0.2, -0.15) is 13.2 Å². The van der Waals surface area contributed by atoms with Crippen LogP contribution in [0.3, 0.4) is 0 Å². The molecule has 2 aromatic rings. The van der Waals surface area contributed by atoms with Crippen molar-refractivity contribution in [2.75, 3.05) is 43.2 Å². The topological polar surface area (TPSA) is 62.2 Å². The van der Waals surface area contributed by atoms with Crippen molar-refractivity contribution in [1.82, 2.24) is 0 Å². The third-order valence-corrected chi connectivity index (χ3v) is 6.72. The molecule has 0 radical (unpaired) electrons. The second kappa shape index (κ2) is 10.2. The van der Waals surface area contributed by atoms with E-state index in [0.717, 1.165) is 6.42 Å². The number of nitrogens with zero attached hydrogens (tertiary/aromatic N) is 2. The van der Waals surface area contributed by atoms with Gasteiger partial charge in [0.2, 0.25) is 0 Å². The molecule has 190 valence electrons. The van der Waals surface area contributed by atoms with E-state index in [1.54, 1.807) is 36.4 Å². The summed E-state index contributed by atoms with van der Waals surface area (Å²) in [6, 6.07) is 10.6. The molecule has 10 heteroatoms. The van der Waals surface area contributed by atoms with Crippen LogP contribution in [0.25, 0.3) is 0 Å². The van der Waals surface area contributed by atoms with Crippen molar-refractivity contribution in [3.63, 3.8) is 0 Å². The molecule has 0 aromatic heterocycles. The van der Waals surface area contributed by atoms with E-state index < -0.39 is 24.1 Å². The number of carboxylic acids is 1. The lowest BCUT2D eigenvalue weighted by Gasteiger charge is -2.26. The molecule has 2 heterocycles. The number of ether oxygens (including phenoxy) is 2. The Bertz CT molecular complexity index is 1030. The monoisotopic (exact) mass is 496 g/mol. The van der Waals surface area contributed by atoms with Crippen LogP contribution in [0.2, 0.25) is 0 Å². The fraction of sp³-hybridized carbons (Fsp3) is 0.480. The molecule has 4 rings (SSSR count). The minimum atomic E-state index is -4.36. The molecule has 2 aliphatic rings. The number of halogens is 4. The molecule has 6 nitrogen and oxygen atoms in total. The lowest BCUT2D eigenvalue weighted by atomic mass is 10.0. The zero-order valence-corrected chi connectivity index (χ0v) is 19.3. The van der Waals surface area contributed by atoms with Crippen LogP contribution in [0, 0.1) is 17.7 Å². The van der Waals surface area contributed by atoms with Crippen LogP contribution in [0.1, 0.15) is 19.3 Å². The van der Waals surface area contributed by atoms with Crippen molar-refractivity contribution < 1.29 is 36.9 Å². The molecule has 1 N–H and O–H groups in total. The van der Waals surface area contributed by atoms with Gasteiger partial charge in [0.15, 0.2) is 0 Å². The molecular weight excluding hydrogens is 468 g/mol. The van der Waals surface area contributed by atoms with Gasteiger partial charge in [0.05, 0.1) is 31.7 Å². The van der Waals surface area contributed by atoms with Crippen LogP contribution in [0.4, 0.5) is 28.9 Å². The van der Waals surface area contributed by atoms with E-state index >= 15 is 0 Å². The smallest absolute Gasteiger partial charge is 0.393 e. The van der Waals surface area contributed by atoms with Gasteiger partial charge in [-0.1, -0.05) is 0 Å². The van der Waals surface area contributed by atoms with Gasteiger partial charge in [0, 0.05) is 43.3 Å². The van der Waals surface area contributed by atoms with E-state index in [9.17, 15) is 22.4 Å². The van der Waals surface area contributed by atoms with Crippen LogP contribution in [-0.2, 0) is 4.79 Å². The fourth-order valence-electron chi connectivity index (χ4n) is 4.86. The van der Waals surface area contributed by atoms with Gasteiger partial charge in [-0.3, -0.25) is 4.79 Å². The van der Waals surface area contributed by atoms with Crippen LogP contribution >= 0.6 is 0 Å².